The van der Waals surface area contributed by atoms with Crippen LogP contribution >= 0.6 is 0 Å². The minimum atomic E-state index is -0.225. The van der Waals surface area contributed by atoms with Crippen LogP contribution in [0.5, 0.6) is 0 Å². The Morgan fingerprint density at radius 2 is 2.04 bits per heavy atom. The van der Waals surface area contributed by atoms with Crippen LogP contribution in [0.15, 0.2) is 41.3 Å². The first kappa shape index (κ1) is 15.3. The summed E-state index contributed by atoms with van der Waals surface area (Å²) < 4.78 is 1.44. The third-order valence-electron chi connectivity index (χ3n) is 4.31. The number of fused-ring (bicyclic) bond motifs is 1. The first-order chi connectivity index (χ1) is 11.0. The average Bonchev–Trinajstić information content (AvgIpc) is 2.55. The number of amides is 1. The predicted molar refractivity (Wildman–Crippen MR) is 90.9 cm³/mol. The van der Waals surface area contributed by atoms with Gasteiger partial charge in [0, 0.05) is 50.7 Å². The maximum Gasteiger partial charge on any atom is 0.251 e. The number of carbonyl (C=O) groups is 1. The van der Waals surface area contributed by atoms with Crippen LogP contribution in [-0.4, -0.2) is 24.1 Å². The molecule has 0 aliphatic carbocycles. The van der Waals surface area contributed by atoms with Crippen LogP contribution in [0.2, 0.25) is 0 Å². The first-order valence-corrected chi connectivity index (χ1v) is 7.82. The van der Waals surface area contributed by atoms with Crippen LogP contribution in [-0.2, 0) is 20.0 Å². The monoisotopic (exact) mass is 311 g/mol. The minimum absolute atomic E-state index is 0.186. The number of hydrogen-bond donors (Lipinski definition) is 1. The van der Waals surface area contributed by atoms with Gasteiger partial charge in [0.05, 0.1) is 0 Å². The SMILES string of the molecule is CN1CCCc2cc(CNC(=O)c3ccn(C)c(=O)c3)ccc21. The van der Waals surface area contributed by atoms with E-state index < -0.39 is 0 Å². The number of carbonyl (C=O) groups excluding carboxylic acids is 1. The van der Waals surface area contributed by atoms with Crippen molar-refractivity contribution in [1.82, 2.24) is 9.88 Å². The van der Waals surface area contributed by atoms with Crippen LogP contribution < -0.4 is 15.8 Å². The van der Waals surface area contributed by atoms with Crippen molar-refractivity contribution in [2.75, 3.05) is 18.5 Å². The van der Waals surface area contributed by atoms with E-state index in [2.05, 4.69) is 29.4 Å². The molecule has 1 aromatic heterocycles. The van der Waals surface area contributed by atoms with Crippen LogP contribution in [0.4, 0.5) is 5.69 Å². The lowest BCUT2D eigenvalue weighted by molar-refractivity contribution is 0.0950. The zero-order chi connectivity index (χ0) is 16.4. The van der Waals surface area contributed by atoms with Crippen LogP contribution in [0.25, 0.3) is 0 Å². The van der Waals surface area contributed by atoms with Gasteiger partial charge in [0.25, 0.3) is 11.5 Å². The molecule has 0 fully saturated rings. The molecule has 0 radical (unpaired) electrons. The van der Waals surface area contributed by atoms with Gasteiger partial charge in [0.15, 0.2) is 0 Å². The third-order valence-corrected chi connectivity index (χ3v) is 4.31. The Morgan fingerprint density at radius 1 is 1.22 bits per heavy atom. The number of anilines is 1. The summed E-state index contributed by atoms with van der Waals surface area (Å²) >= 11 is 0. The number of hydrogen-bond acceptors (Lipinski definition) is 3. The molecule has 5 heteroatoms. The minimum Gasteiger partial charge on any atom is -0.374 e. The van der Waals surface area contributed by atoms with Crippen molar-refractivity contribution >= 4 is 11.6 Å². The van der Waals surface area contributed by atoms with Crippen molar-refractivity contribution in [3.05, 3.63) is 63.6 Å². The van der Waals surface area contributed by atoms with E-state index in [1.807, 2.05) is 6.07 Å². The number of nitrogens with one attached hydrogen (secondary N) is 1. The lowest BCUT2D eigenvalue weighted by atomic mass is 9.99. The maximum absolute atomic E-state index is 12.2. The molecule has 1 aliphatic heterocycles. The van der Waals surface area contributed by atoms with Gasteiger partial charge in [0.1, 0.15) is 0 Å². The van der Waals surface area contributed by atoms with Crippen molar-refractivity contribution in [3.8, 4) is 0 Å². The highest BCUT2D eigenvalue weighted by Crippen LogP contribution is 2.26. The molecule has 3 rings (SSSR count). The molecule has 1 aromatic carbocycles. The zero-order valence-corrected chi connectivity index (χ0v) is 13.5. The summed E-state index contributed by atoms with van der Waals surface area (Å²) in [6, 6.07) is 9.34. The lowest BCUT2D eigenvalue weighted by Crippen LogP contribution is -2.27. The molecule has 0 saturated heterocycles. The first-order valence-electron chi connectivity index (χ1n) is 7.82. The van der Waals surface area contributed by atoms with E-state index >= 15 is 0 Å². The van der Waals surface area contributed by atoms with E-state index in [0.717, 1.165) is 24.9 Å². The van der Waals surface area contributed by atoms with Crippen LogP contribution in [0.3, 0.4) is 0 Å². The fourth-order valence-corrected chi connectivity index (χ4v) is 2.92. The van der Waals surface area contributed by atoms with Gasteiger partial charge in [-0.3, -0.25) is 9.59 Å². The van der Waals surface area contributed by atoms with Gasteiger partial charge in [-0.1, -0.05) is 12.1 Å². The van der Waals surface area contributed by atoms with Crippen LogP contribution in [0.1, 0.15) is 27.9 Å². The predicted octanol–water partition coefficient (Wildman–Crippen LogP) is 1.70. The molecular weight excluding hydrogens is 290 g/mol. The summed E-state index contributed by atoms with van der Waals surface area (Å²) in [5, 5.41) is 2.88. The Labute approximate surface area is 135 Å². The molecule has 2 aromatic rings. The van der Waals surface area contributed by atoms with Gasteiger partial charge >= 0.3 is 0 Å². The summed E-state index contributed by atoms with van der Waals surface area (Å²) in [6.45, 7) is 1.55. The maximum atomic E-state index is 12.2. The number of aromatic nitrogens is 1. The topological polar surface area (TPSA) is 54.3 Å². The Hall–Kier alpha value is -2.56. The second-order valence-electron chi connectivity index (χ2n) is 6.04. The van der Waals surface area contributed by atoms with Crippen molar-refractivity contribution in [1.29, 1.82) is 0 Å². The quantitative estimate of drug-likeness (QED) is 0.938. The molecule has 1 amide bonds. The van der Waals surface area contributed by atoms with Crippen molar-refractivity contribution in [2.24, 2.45) is 7.05 Å². The van der Waals surface area contributed by atoms with E-state index in [1.165, 1.54) is 21.9 Å². The highest BCUT2D eigenvalue weighted by molar-refractivity contribution is 5.93. The largest absolute Gasteiger partial charge is 0.374 e. The summed E-state index contributed by atoms with van der Waals surface area (Å²) in [5.74, 6) is -0.225. The number of nitrogens with zero attached hydrogens (tertiary/aromatic N) is 2. The molecule has 0 atom stereocenters. The summed E-state index contributed by atoms with van der Waals surface area (Å²) in [5.41, 5.74) is 3.90. The number of pyridine rings is 1. The van der Waals surface area contributed by atoms with E-state index in [1.54, 1.807) is 19.3 Å². The van der Waals surface area contributed by atoms with E-state index in [-0.39, 0.29) is 11.5 Å². The lowest BCUT2D eigenvalue weighted by Gasteiger charge is -2.27. The summed E-state index contributed by atoms with van der Waals surface area (Å²) in [4.78, 5) is 26.0. The van der Waals surface area contributed by atoms with Crippen LogP contribution in [0, 0.1) is 0 Å². The van der Waals surface area contributed by atoms with Gasteiger partial charge < -0.3 is 14.8 Å². The third kappa shape index (κ3) is 3.28. The molecule has 1 N–H and O–H groups in total. The standard InChI is InChI=1S/C18H21N3O2/c1-20-8-3-4-14-10-13(5-6-16(14)20)12-19-18(23)15-7-9-21(2)17(22)11-15/h5-7,9-11H,3-4,8,12H2,1-2H3,(H,19,23). The van der Waals surface area contributed by atoms with Gasteiger partial charge in [-0.15, -0.1) is 0 Å². The molecule has 0 spiro atoms. The number of aryl methyl sites for hydroxylation is 2. The molecule has 1 aliphatic rings. The second kappa shape index (κ2) is 6.28. The molecule has 5 nitrogen and oxygen atoms in total. The van der Waals surface area contributed by atoms with Crippen molar-refractivity contribution in [3.63, 3.8) is 0 Å². The van der Waals surface area contributed by atoms with Crippen molar-refractivity contribution in [2.45, 2.75) is 19.4 Å². The van der Waals surface area contributed by atoms with Crippen molar-refractivity contribution < 1.29 is 4.79 Å². The Kier molecular flexibility index (Phi) is 4.19. The molecule has 23 heavy (non-hydrogen) atoms. The van der Waals surface area contributed by atoms with E-state index in [4.69, 9.17) is 0 Å². The highest BCUT2D eigenvalue weighted by atomic mass is 16.2. The smallest absolute Gasteiger partial charge is 0.251 e. The summed E-state index contributed by atoms with van der Waals surface area (Å²) in [6.07, 6.45) is 3.84. The molecule has 0 bridgehead atoms. The molecule has 120 valence electrons. The zero-order valence-electron chi connectivity index (χ0n) is 13.5. The fraction of sp³-hybridized carbons (Fsp3) is 0.333. The molecule has 0 unspecified atom stereocenters. The van der Waals surface area contributed by atoms with E-state index in [0.29, 0.717) is 12.1 Å². The van der Waals surface area contributed by atoms with Gasteiger partial charge in [-0.05, 0) is 36.1 Å². The van der Waals surface area contributed by atoms with Gasteiger partial charge in [-0.2, -0.15) is 0 Å². The molecule has 2 heterocycles. The molecule has 0 saturated carbocycles. The second-order valence-corrected chi connectivity index (χ2v) is 6.04. The Bertz CT molecular complexity index is 795. The average molecular weight is 311 g/mol. The van der Waals surface area contributed by atoms with Gasteiger partial charge in [0.2, 0.25) is 0 Å². The van der Waals surface area contributed by atoms with Gasteiger partial charge in [-0.25, -0.2) is 0 Å². The Morgan fingerprint density at radius 3 is 2.83 bits per heavy atom. The number of rotatable bonds is 3. The highest BCUT2D eigenvalue weighted by Gasteiger charge is 2.14. The fourth-order valence-electron chi connectivity index (χ4n) is 2.92. The Balaban J connectivity index is 1.69. The molecular formula is C18H21N3O2. The summed E-state index contributed by atoms with van der Waals surface area (Å²) in [7, 11) is 3.77. The normalized spacial score (nSPS) is 13.6. The van der Waals surface area contributed by atoms with E-state index in [9.17, 15) is 9.59 Å². The number of benzene rings is 1.